The summed E-state index contributed by atoms with van der Waals surface area (Å²) in [5.41, 5.74) is 0. The normalized spacial score (nSPS) is 11.3. The summed E-state index contributed by atoms with van der Waals surface area (Å²) in [5.74, 6) is 1.90. The Labute approximate surface area is 140 Å². The number of hydrogen-bond donors (Lipinski definition) is 0. The van der Waals surface area contributed by atoms with Crippen LogP contribution >= 0.6 is 0 Å². The number of rotatable bonds is 2. The van der Waals surface area contributed by atoms with Gasteiger partial charge in [0, 0.05) is 0 Å². The highest BCUT2D eigenvalue weighted by atomic mass is 14.1. The first-order valence-corrected chi connectivity index (χ1v) is 9.95. The minimum Gasteiger partial charge on any atom is -0.0683 e. The van der Waals surface area contributed by atoms with Crippen molar-refractivity contribution in [1.82, 2.24) is 0 Å². The first kappa shape index (κ1) is 32.8. The van der Waals surface area contributed by atoms with Gasteiger partial charge in [0.05, 0.1) is 0 Å². The average molecular weight is 305 g/mol. The van der Waals surface area contributed by atoms with Crippen LogP contribution in [0.4, 0.5) is 0 Å². The second kappa shape index (κ2) is 42.7. The van der Waals surface area contributed by atoms with Crippen molar-refractivity contribution in [3.05, 3.63) is 0 Å². The minimum atomic E-state index is 0.833. The molecular weight excluding hydrogens is 252 g/mol. The van der Waals surface area contributed by atoms with Crippen molar-refractivity contribution in [2.45, 2.75) is 128 Å². The summed E-state index contributed by atoms with van der Waals surface area (Å²) in [4.78, 5) is 0. The predicted molar refractivity (Wildman–Crippen MR) is 107 cm³/mol. The van der Waals surface area contributed by atoms with Crippen LogP contribution in [-0.2, 0) is 0 Å². The highest BCUT2D eigenvalue weighted by molar-refractivity contribution is 4.62. The molecule has 1 rings (SSSR count). The Morgan fingerprint density at radius 3 is 0.952 bits per heavy atom. The van der Waals surface area contributed by atoms with Crippen LogP contribution in [0.3, 0.4) is 0 Å². The van der Waals surface area contributed by atoms with Gasteiger partial charge in [-0.05, 0) is 11.8 Å². The predicted octanol–water partition coefficient (Wildman–Crippen LogP) is 9.13. The minimum absolute atomic E-state index is 0.833. The van der Waals surface area contributed by atoms with E-state index in [1.165, 1.54) is 44.9 Å². The summed E-state index contributed by atoms with van der Waals surface area (Å²) < 4.78 is 0. The molecule has 0 spiro atoms. The Hall–Kier alpha value is 0. The summed E-state index contributed by atoms with van der Waals surface area (Å²) in [7, 11) is 0. The summed E-state index contributed by atoms with van der Waals surface area (Å²) >= 11 is 0. The van der Waals surface area contributed by atoms with Crippen molar-refractivity contribution < 1.29 is 0 Å². The van der Waals surface area contributed by atoms with Gasteiger partial charge in [-0.3, -0.25) is 0 Å². The maximum absolute atomic E-state index is 2.31. The molecule has 1 saturated carbocycles. The maximum Gasteiger partial charge on any atom is -0.0443 e. The first-order valence-electron chi connectivity index (χ1n) is 9.95. The molecule has 0 amide bonds. The molecule has 136 valence electrons. The van der Waals surface area contributed by atoms with Gasteiger partial charge >= 0.3 is 0 Å². The van der Waals surface area contributed by atoms with Crippen LogP contribution in [0, 0.1) is 11.8 Å². The van der Waals surface area contributed by atoms with Gasteiger partial charge in [0.25, 0.3) is 0 Å². The third-order valence-electron chi connectivity index (χ3n) is 2.10. The zero-order valence-corrected chi connectivity index (χ0v) is 18.1. The lowest BCUT2D eigenvalue weighted by atomic mass is 9.88. The van der Waals surface area contributed by atoms with Gasteiger partial charge in [-0.1, -0.05) is 128 Å². The van der Waals surface area contributed by atoms with Crippen LogP contribution in [0.25, 0.3) is 0 Å². The third kappa shape index (κ3) is 101. The fraction of sp³-hybridized carbons (Fsp3) is 1.00. The number of hydrogen-bond acceptors (Lipinski definition) is 0. The lowest BCUT2D eigenvalue weighted by molar-refractivity contribution is 0.346. The molecule has 0 aliphatic heterocycles. The average Bonchev–Trinajstić information content (AvgIpc) is 2.43. The lowest BCUT2D eigenvalue weighted by Crippen LogP contribution is -2.04. The highest BCUT2D eigenvalue weighted by Crippen LogP contribution is 2.24. The number of unbranched alkanes of at least 4 members (excludes halogenated alkanes) is 2. The molecule has 21 heavy (non-hydrogen) atoms. The van der Waals surface area contributed by atoms with Crippen LogP contribution in [0.1, 0.15) is 128 Å². The van der Waals surface area contributed by atoms with Gasteiger partial charge < -0.3 is 0 Å². The van der Waals surface area contributed by atoms with E-state index >= 15 is 0 Å². The molecule has 0 aromatic carbocycles. The quantitative estimate of drug-likeness (QED) is 0.477. The Bertz CT molecular complexity index is 85.5. The Morgan fingerprint density at radius 1 is 0.762 bits per heavy atom. The summed E-state index contributed by atoms with van der Waals surface area (Å²) in [5, 5.41) is 0. The zero-order chi connectivity index (χ0) is 18.1. The fourth-order valence-corrected chi connectivity index (χ4v) is 0.966. The van der Waals surface area contributed by atoms with Crippen LogP contribution in [0.15, 0.2) is 0 Å². The highest BCUT2D eigenvalue weighted by Gasteiger charge is 2.09. The van der Waals surface area contributed by atoms with E-state index in [2.05, 4.69) is 55.4 Å². The molecule has 1 aliphatic carbocycles. The smallest absolute Gasteiger partial charge is 0.0443 e. The van der Waals surface area contributed by atoms with E-state index in [9.17, 15) is 0 Å². The molecule has 0 heteroatoms. The van der Waals surface area contributed by atoms with E-state index in [0.717, 1.165) is 11.8 Å². The molecule has 0 radical (unpaired) electrons. The van der Waals surface area contributed by atoms with Crippen LogP contribution < -0.4 is 0 Å². The summed E-state index contributed by atoms with van der Waals surface area (Å²) in [6, 6.07) is 0. The van der Waals surface area contributed by atoms with E-state index in [1.807, 2.05) is 27.7 Å². The summed E-state index contributed by atoms with van der Waals surface area (Å²) in [6.45, 7) is 25.5. The fourth-order valence-electron chi connectivity index (χ4n) is 0.966. The second-order valence-electron chi connectivity index (χ2n) is 5.83. The Kier molecular flexibility index (Phi) is 66.8. The standard InChI is InChI=1S/C5H10.C5H12.C4H10.C3H8.2C2H6/c1-5-3-2-4-5;1-3-5-4-2;1-4(2)3;1-3-2;2*1-2/h5H,2-4H2,1H3;3-5H2,1-2H3;4H,1-3H3;3H2,1-2H3;2*1-2H3. The van der Waals surface area contributed by atoms with Crippen molar-refractivity contribution in [3.8, 4) is 0 Å². The molecule has 0 nitrogen and oxygen atoms in total. The van der Waals surface area contributed by atoms with Crippen LogP contribution in [0.5, 0.6) is 0 Å². The molecule has 0 heterocycles. The van der Waals surface area contributed by atoms with E-state index < -0.39 is 0 Å². The van der Waals surface area contributed by atoms with Crippen molar-refractivity contribution in [3.63, 3.8) is 0 Å². The molecule has 0 unspecified atom stereocenters. The summed E-state index contributed by atoms with van der Waals surface area (Å²) in [6.07, 6.45) is 9.79. The SMILES string of the molecule is CC.CC.CC(C)C.CC1CCC1.CCC.CCCCC. The molecule has 0 saturated heterocycles. The molecular formula is C21H52. The second-order valence-corrected chi connectivity index (χ2v) is 5.83. The van der Waals surface area contributed by atoms with Gasteiger partial charge in [-0.25, -0.2) is 0 Å². The molecule has 0 atom stereocenters. The van der Waals surface area contributed by atoms with Crippen molar-refractivity contribution >= 4 is 0 Å². The lowest BCUT2D eigenvalue weighted by Gasteiger charge is -2.18. The molecule has 0 bridgehead atoms. The molecule has 0 aromatic heterocycles. The van der Waals surface area contributed by atoms with Gasteiger partial charge in [0.1, 0.15) is 0 Å². The first-order chi connectivity index (χ1) is 9.95. The zero-order valence-electron chi connectivity index (χ0n) is 18.1. The van der Waals surface area contributed by atoms with E-state index in [0.29, 0.717) is 0 Å². The topological polar surface area (TPSA) is 0 Å². The van der Waals surface area contributed by atoms with Crippen LogP contribution in [-0.4, -0.2) is 0 Å². The van der Waals surface area contributed by atoms with Gasteiger partial charge in [0.15, 0.2) is 0 Å². The van der Waals surface area contributed by atoms with Crippen molar-refractivity contribution in [2.24, 2.45) is 11.8 Å². The molecule has 1 aliphatic rings. The van der Waals surface area contributed by atoms with Crippen LogP contribution in [0.2, 0.25) is 0 Å². The van der Waals surface area contributed by atoms with Crippen molar-refractivity contribution in [1.29, 1.82) is 0 Å². The maximum atomic E-state index is 2.31. The molecule has 1 fully saturated rings. The largest absolute Gasteiger partial charge is 0.0683 e. The third-order valence-corrected chi connectivity index (χ3v) is 2.10. The Balaban J connectivity index is -0.0000000510. The van der Waals surface area contributed by atoms with Gasteiger partial charge in [-0.15, -0.1) is 0 Å². The van der Waals surface area contributed by atoms with Crippen molar-refractivity contribution in [2.75, 3.05) is 0 Å². The Morgan fingerprint density at radius 2 is 0.952 bits per heavy atom. The van der Waals surface area contributed by atoms with E-state index in [4.69, 9.17) is 0 Å². The van der Waals surface area contributed by atoms with Gasteiger partial charge in [-0.2, -0.15) is 0 Å². The monoisotopic (exact) mass is 304 g/mol. The molecule has 0 N–H and O–H groups in total. The van der Waals surface area contributed by atoms with E-state index in [-0.39, 0.29) is 0 Å². The van der Waals surface area contributed by atoms with E-state index in [1.54, 1.807) is 0 Å². The molecule has 0 aromatic rings. The van der Waals surface area contributed by atoms with Gasteiger partial charge in [0.2, 0.25) is 0 Å².